The van der Waals surface area contributed by atoms with Crippen molar-refractivity contribution < 1.29 is 34.0 Å². The third-order valence-electron chi connectivity index (χ3n) is 20.6. The Morgan fingerprint density at radius 1 is 0.937 bits per heavy atom. The standard InChI is InChI=1S/C54H78ClNO7/c1-32(8-19-48(59)61-7)42-17-18-44-50-45(29-47(58)54(42,44)5)51(2)22-20-38(27-35(51)28-46(50)63-31-55)62-25-24-56(6)36-12-9-33(10-13-36)41-30-52(3)43(21-23-53(52,4)60)40-15-11-34-26-37(57)14-16-39(34)49(40)41/h9-10,12-13,26,32,35,38,40-47,50,58,60H,8,11,14-25,27-31H2,1-7H3/t32-,35+,38+,40?,41-,42-,43?,44+,45+,46-,47+,50+,51+,52+,53+,54-/m1/s1. The van der Waals surface area contributed by atoms with Crippen LogP contribution in [0.3, 0.4) is 0 Å². The molecule has 0 aliphatic heterocycles. The second-order valence-electron chi connectivity index (χ2n) is 23.0. The number of halogens is 1. The maximum Gasteiger partial charge on any atom is 0.305 e. The van der Waals surface area contributed by atoms with Gasteiger partial charge in [-0.15, -0.1) is 0 Å². The van der Waals surface area contributed by atoms with Gasteiger partial charge < -0.3 is 29.3 Å². The largest absolute Gasteiger partial charge is 0.469 e. The molecule has 0 bridgehead atoms. The van der Waals surface area contributed by atoms with Crippen molar-refractivity contribution in [1.29, 1.82) is 0 Å². The van der Waals surface area contributed by atoms with Crippen LogP contribution >= 0.6 is 11.6 Å². The average Bonchev–Trinajstić information content (AvgIpc) is 3.75. The van der Waals surface area contributed by atoms with Crippen LogP contribution in [0.15, 0.2) is 47.1 Å². The fourth-order valence-electron chi connectivity index (χ4n) is 16.8. The SMILES string of the molecule is COC(=O)CC[C@@H](C)[C@H]1CC[C@H]2[C@@H]3[C@H](OCCl)C[C@@H]4C[C@@H](OCCN(C)c5ccc([C@H]6C[C@@]7(C)C(CC[C@]7(C)O)C7CCC8=CC(=O)CCC8=C76)cc5)CC[C@]4(C)[C@H]3C[C@H](O)[C@]12C. The number of likely N-dealkylation sites (N-methyl/N-ethyl adjacent to an activating group) is 1. The van der Waals surface area contributed by atoms with Gasteiger partial charge in [-0.05, 0) is 190 Å². The van der Waals surface area contributed by atoms with Crippen LogP contribution in [0.4, 0.5) is 5.69 Å². The summed E-state index contributed by atoms with van der Waals surface area (Å²) in [6, 6.07) is 9.42. The lowest BCUT2D eigenvalue weighted by atomic mass is 9.43. The number of ketones is 1. The van der Waals surface area contributed by atoms with Crippen molar-refractivity contribution >= 4 is 29.0 Å². The molecule has 8 aliphatic rings. The zero-order chi connectivity index (χ0) is 44.6. The van der Waals surface area contributed by atoms with Gasteiger partial charge in [0.2, 0.25) is 0 Å². The van der Waals surface area contributed by atoms with E-state index in [2.05, 4.69) is 70.8 Å². The second kappa shape index (κ2) is 17.4. The summed E-state index contributed by atoms with van der Waals surface area (Å²) in [5, 5.41) is 24.0. The van der Waals surface area contributed by atoms with Gasteiger partial charge >= 0.3 is 5.97 Å². The normalized spacial score (nSPS) is 43.4. The van der Waals surface area contributed by atoms with Crippen molar-refractivity contribution in [2.75, 3.05) is 38.3 Å². The van der Waals surface area contributed by atoms with E-state index in [0.29, 0.717) is 66.8 Å². The molecular formula is C54H78ClNO7. The molecule has 9 rings (SSSR count). The summed E-state index contributed by atoms with van der Waals surface area (Å²) in [4.78, 5) is 26.9. The minimum absolute atomic E-state index is 0.0787. The number of aliphatic hydroxyl groups excluding tert-OH is 1. The van der Waals surface area contributed by atoms with Crippen molar-refractivity contribution in [3.05, 3.63) is 52.6 Å². The summed E-state index contributed by atoms with van der Waals surface area (Å²) < 4.78 is 18.2. The van der Waals surface area contributed by atoms with E-state index in [1.54, 1.807) is 5.57 Å². The van der Waals surface area contributed by atoms with Gasteiger partial charge in [0.1, 0.15) is 6.07 Å². The van der Waals surface area contributed by atoms with Crippen LogP contribution in [0.5, 0.6) is 0 Å². The number of esters is 1. The maximum absolute atomic E-state index is 12.5. The van der Waals surface area contributed by atoms with Crippen molar-refractivity contribution in [3.63, 3.8) is 0 Å². The highest BCUT2D eigenvalue weighted by Crippen LogP contribution is 2.70. The summed E-state index contributed by atoms with van der Waals surface area (Å²) in [5.74, 6) is 3.61. The number of anilines is 1. The van der Waals surface area contributed by atoms with Crippen molar-refractivity contribution in [2.24, 2.45) is 63.6 Å². The van der Waals surface area contributed by atoms with Gasteiger partial charge in [0, 0.05) is 43.5 Å². The van der Waals surface area contributed by atoms with E-state index in [1.165, 1.54) is 29.5 Å². The second-order valence-corrected chi connectivity index (χ2v) is 23.2. The Balaban J connectivity index is 0.843. The molecule has 2 N–H and O–H groups in total. The molecule has 63 heavy (non-hydrogen) atoms. The Labute approximate surface area is 383 Å². The lowest BCUT2D eigenvalue weighted by molar-refractivity contribution is -0.215. The number of hydrogen-bond donors (Lipinski definition) is 2. The number of fused-ring (bicyclic) bond motifs is 9. The van der Waals surface area contributed by atoms with Crippen molar-refractivity contribution in [3.8, 4) is 0 Å². The first-order valence-corrected chi connectivity index (χ1v) is 25.6. The van der Waals surface area contributed by atoms with E-state index in [1.807, 2.05) is 6.08 Å². The third-order valence-corrected chi connectivity index (χ3v) is 20.7. The Morgan fingerprint density at radius 3 is 2.46 bits per heavy atom. The third kappa shape index (κ3) is 7.72. The first-order chi connectivity index (χ1) is 30.0. The van der Waals surface area contributed by atoms with Gasteiger partial charge in [-0.2, -0.15) is 0 Å². The van der Waals surface area contributed by atoms with Gasteiger partial charge in [0.15, 0.2) is 5.78 Å². The quantitative estimate of drug-likeness (QED) is 0.158. The van der Waals surface area contributed by atoms with E-state index in [4.69, 9.17) is 25.8 Å². The number of nitrogens with zero attached hydrogens (tertiary/aromatic N) is 1. The molecule has 2 unspecified atom stereocenters. The zero-order valence-electron chi connectivity index (χ0n) is 39.5. The number of alkyl halides is 1. The van der Waals surface area contributed by atoms with E-state index >= 15 is 0 Å². The van der Waals surface area contributed by atoms with Crippen LogP contribution in [-0.2, 0) is 23.8 Å². The van der Waals surface area contributed by atoms with Gasteiger partial charge in [0.25, 0.3) is 0 Å². The molecule has 0 heterocycles. The molecule has 6 fully saturated rings. The van der Waals surface area contributed by atoms with Crippen LogP contribution in [-0.4, -0.2) is 79.3 Å². The Bertz CT molecular complexity index is 1940. The highest BCUT2D eigenvalue weighted by molar-refractivity contribution is 6.17. The lowest BCUT2D eigenvalue weighted by Crippen LogP contribution is -2.62. The Kier molecular flexibility index (Phi) is 12.7. The molecule has 348 valence electrons. The van der Waals surface area contributed by atoms with Crippen LogP contribution in [0.2, 0.25) is 0 Å². The lowest BCUT2D eigenvalue weighted by Gasteiger charge is -2.64. The van der Waals surface area contributed by atoms with Crippen LogP contribution < -0.4 is 4.90 Å². The number of carbonyl (C=O) groups is 2. The first kappa shape index (κ1) is 45.9. The van der Waals surface area contributed by atoms with Gasteiger partial charge in [-0.1, -0.05) is 57.0 Å². The monoisotopic (exact) mass is 888 g/mol. The Hall–Kier alpha value is -2.23. The highest BCUT2D eigenvalue weighted by Gasteiger charge is 2.66. The molecule has 0 aromatic heterocycles. The first-order valence-electron chi connectivity index (χ1n) is 25.1. The molecule has 16 atom stereocenters. The fourth-order valence-corrected chi connectivity index (χ4v) is 16.9. The summed E-state index contributed by atoms with van der Waals surface area (Å²) in [6.45, 7) is 13.0. The molecule has 6 saturated carbocycles. The summed E-state index contributed by atoms with van der Waals surface area (Å²) in [6.07, 6.45) is 16.7. The average molecular weight is 889 g/mol. The predicted octanol–water partition coefficient (Wildman–Crippen LogP) is 10.6. The highest BCUT2D eigenvalue weighted by atomic mass is 35.5. The number of allylic oxidation sites excluding steroid dienone is 4. The summed E-state index contributed by atoms with van der Waals surface area (Å²) in [5.41, 5.74) is 5.95. The van der Waals surface area contributed by atoms with Gasteiger partial charge in [0.05, 0.1) is 37.6 Å². The predicted molar refractivity (Wildman–Crippen MR) is 248 cm³/mol. The molecule has 9 heteroatoms. The van der Waals surface area contributed by atoms with Gasteiger partial charge in [-0.25, -0.2) is 0 Å². The molecule has 0 spiro atoms. The topological polar surface area (TPSA) is 106 Å². The number of hydrogen-bond acceptors (Lipinski definition) is 8. The molecular weight excluding hydrogens is 810 g/mol. The molecule has 8 nitrogen and oxygen atoms in total. The minimum atomic E-state index is -0.671. The maximum atomic E-state index is 12.5. The number of ether oxygens (including phenoxy) is 3. The fraction of sp³-hybridized carbons (Fsp3) is 0.778. The zero-order valence-corrected chi connectivity index (χ0v) is 40.3. The molecule has 0 radical (unpaired) electrons. The van der Waals surface area contributed by atoms with Crippen LogP contribution in [0, 0.1) is 63.6 Å². The summed E-state index contributed by atoms with van der Waals surface area (Å²) in [7, 11) is 3.63. The number of rotatable bonds is 12. The number of carbonyl (C=O) groups excluding carboxylic acids is 2. The molecule has 0 amide bonds. The molecule has 8 aliphatic carbocycles. The van der Waals surface area contributed by atoms with Crippen molar-refractivity contribution in [2.45, 2.75) is 167 Å². The number of benzene rings is 1. The van der Waals surface area contributed by atoms with Crippen LogP contribution in [0.25, 0.3) is 0 Å². The Morgan fingerprint density at radius 2 is 1.71 bits per heavy atom. The van der Waals surface area contributed by atoms with E-state index in [-0.39, 0.29) is 58.3 Å². The molecule has 1 aromatic carbocycles. The number of aliphatic hydroxyl groups is 2. The van der Waals surface area contributed by atoms with Crippen molar-refractivity contribution in [1.82, 2.24) is 0 Å². The smallest absolute Gasteiger partial charge is 0.305 e. The van der Waals surface area contributed by atoms with E-state index in [0.717, 1.165) is 96.4 Å². The van der Waals surface area contributed by atoms with E-state index in [9.17, 15) is 19.8 Å². The summed E-state index contributed by atoms with van der Waals surface area (Å²) >= 11 is 6.39. The van der Waals surface area contributed by atoms with Gasteiger partial charge in [-0.3, -0.25) is 9.59 Å². The number of methoxy groups -OCH3 is 1. The molecule has 0 saturated heterocycles. The minimum Gasteiger partial charge on any atom is -0.469 e. The van der Waals surface area contributed by atoms with Crippen LogP contribution in [0.1, 0.15) is 149 Å². The van der Waals surface area contributed by atoms with E-state index < -0.39 is 5.60 Å². The molecule has 1 aromatic rings.